The van der Waals surface area contributed by atoms with Crippen LogP contribution in [-0.2, 0) is 16.1 Å². The SMILES string of the molecule is Cc1cc(CN2CCN(C(=O)C3CNC(=O)C3)CC2)on1. The van der Waals surface area contributed by atoms with Crippen molar-refractivity contribution in [2.45, 2.75) is 19.9 Å². The minimum atomic E-state index is -0.180. The minimum absolute atomic E-state index is 0.0207. The molecule has 0 spiro atoms. The molecule has 2 aliphatic rings. The van der Waals surface area contributed by atoms with E-state index in [4.69, 9.17) is 4.52 Å². The van der Waals surface area contributed by atoms with Gasteiger partial charge in [0, 0.05) is 45.2 Å². The van der Waals surface area contributed by atoms with Gasteiger partial charge < -0.3 is 14.7 Å². The molecule has 1 unspecified atom stereocenters. The van der Waals surface area contributed by atoms with Gasteiger partial charge >= 0.3 is 0 Å². The average Bonchev–Trinajstić information content (AvgIpc) is 3.08. The number of hydrogen-bond donors (Lipinski definition) is 1. The van der Waals surface area contributed by atoms with Crippen molar-refractivity contribution < 1.29 is 14.1 Å². The number of piperazine rings is 1. The van der Waals surface area contributed by atoms with Gasteiger partial charge in [-0.3, -0.25) is 14.5 Å². The number of hydrogen-bond acceptors (Lipinski definition) is 5. The highest BCUT2D eigenvalue weighted by atomic mass is 16.5. The van der Waals surface area contributed by atoms with Gasteiger partial charge in [0.05, 0.1) is 18.2 Å². The predicted molar refractivity (Wildman–Crippen MR) is 74.2 cm³/mol. The maximum atomic E-state index is 12.3. The summed E-state index contributed by atoms with van der Waals surface area (Å²) in [7, 11) is 0. The zero-order chi connectivity index (χ0) is 14.8. The summed E-state index contributed by atoms with van der Waals surface area (Å²) >= 11 is 0. The molecule has 21 heavy (non-hydrogen) atoms. The molecule has 1 aromatic rings. The van der Waals surface area contributed by atoms with Crippen LogP contribution >= 0.6 is 0 Å². The molecule has 7 heteroatoms. The van der Waals surface area contributed by atoms with Crippen molar-refractivity contribution in [1.29, 1.82) is 0 Å². The third kappa shape index (κ3) is 3.24. The molecule has 0 saturated carbocycles. The van der Waals surface area contributed by atoms with E-state index in [-0.39, 0.29) is 17.7 Å². The third-order valence-corrected chi connectivity index (χ3v) is 4.07. The standard InChI is InChI=1S/C14H20N4O3/c1-10-6-12(21-16-10)9-17-2-4-18(5-3-17)14(20)11-7-13(19)15-8-11/h6,11H,2-5,7-9H2,1H3,(H,15,19). The van der Waals surface area contributed by atoms with Crippen molar-refractivity contribution in [3.8, 4) is 0 Å². The molecule has 0 aliphatic carbocycles. The number of nitrogens with one attached hydrogen (secondary N) is 1. The topological polar surface area (TPSA) is 78.7 Å². The summed E-state index contributed by atoms with van der Waals surface area (Å²) in [6.07, 6.45) is 0.330. The van der Waals surface area contributed by atoms with Gasteiger partial charge in [0.15, 0.2) is 5.76 Å². The summed E-state index contributed by atoms with van der Waals surface area (Å²) in [5, 5.41) is 6.60. The Balaban J connectivity index is 1.48. The first-order valence-corrected chi connectivity index (χ1v) is 7.32. The van der Waals surface area contributed by atoms with Crippen LogP contribution in [0.4, 0.5) is 0 Å². The van der Waals surface area contributed by atoms with E-state index >= 15 is 0 Å². The molecule has 2 amide bonds. The van der Waals surface area contributed by atoms with Crippen LogP contribution in [0.2, 0.25) is 0 Å². The average molecular weight is 292 g/mol. The number of amides is 2. The van der Waals surface area contributed by atoms with Crippen LogP contribution < -0.4 is 5.32 Å². The summed E-state index contributed by atoms with van der Waals surface area (Å²) < 4.78 is 5.22. The normalized spacial score (nSPS) is 23.4. The molecule has 2 aliphatic heterocycles. The van der Waals surface area contributed by atoms with E-state index in [1.807, 2.05) is 17.9 Å². The summed E-state index contributed by atoms with van der Waals surface area (Å²) in [4.78, 5) is 27.6. The second kappa shape index (κ2) is 5.85. The number of carbonyl (C=O) groups is 2. The molecule has 3 heterocycles. The Labute approximate surface area is 123 Å². The number of rotatable bonds is 3. The molecule has 0 radical (unpaired) electrons. The van der Waals surface area contributed by atoms with E-state index in [0.717, 1.165) is 31.1 Å². The zero-order valence-corrected chi connectivity index (χ0v) is 12.2. The molecule has 1 atom stereocenters. The molecular formula is C14H20N4O3. The lowest BCUT2D eigenvalue weighted by atomic mass is 10.1. The Morgan fingerprint density at radius 2 is 2.19 bits per heavy atom. The van der Waals surface area contributed by atoms with Crippen LogP contribution in [0.5, 0.6) is 0 Å². The molecule has 1 aromatic heterocycles. The number of aryl methyl sites for hydroxylation is 1. The quantitative estimate of drug-likeness (QED) is 0.832. The lowest BCUT2D eigenvalue weighted by Crippen LogP contribution is -2.50. The number of carbonyl (C=O) groups excluding carboxylic acids is 2. The van der Waals surface area contributed by atoms with Crippen LogP contribution in [0.15, 0.2) is 10.6 Å². The van der Waals surface area contributed by atoms with Gasteiger partial charge in [-0.15, -0.1) is 0 Å². The maximum absolute atomic E-state index is 12.3. The van der Waals surface area contributed by atoms with Crippen molar-refractivity contribution in [2.75, 3.05) is 32.7 Å². The first kappa shape index (κ1) is 14.1. The minimum Gasteiger partial charge on any atom is -0.360 e. The maximum Gasteiger partial charge on any atom is 0.228 e. The number of nitrogens with zero attached hydrogens (tertiary/aromatic N) is 3. The van der Waals surface area contributed by atoms with Crippen LogP contribution in [0, 0.1) is 12.8 Å². The van der Waals surface area contributed by atoms with E-state index in [1.54, 1.807) is 0 Å². The summed E-state index contributed by atoms with van der Waals surface area (Å²) in [5.74, 6) is 0.759. The highest BCUT2D eigenvalue weighted by Gasteiger charge is 2.32. The molecule has 2 fully saturated rings. The van der Waals surface area contributed by atoms with Gasteiger partial charge in [0.1, 0.15) is 0 Å². The molecule has 114 valence electrons. The monoisotopic (exact) mass is 292 g/mol. The fraction of sp³-hybridized carbons (Fsp3) is 0.643. The Hall–Kier alpha value is -1.89. The van der Waals surface area contributed by atoms with Crippen LogP contribution in [0.1, 0.15) is 17.9 Å². The number of aromatic nitrogens is 1. The Morgan fingerprint density at radius 1 is 1.43 bits per heavy atom. The van der Waals surface area contributed by atoms with Crippen molar-refractivity contribution in [3.05, 3.63) is 17.5 Å². The van der Waals surface area contributed by atoms with Crippen molar-refractivity contribution in [1.82, 2.24) is 20.3 Å². The van der Waals surface area contributed by atoms with Crippen molar-refractivity contribution >= 4 is 11.8 Å². The van der Waals surface area contributed by atoms with Gasteiger partial charge in [-0.25, -0.2) is 0 Å². The molecule has 0 aromatic carbocycles. The molecule has 0 bridgehead atoms. The first-order chi connectivity index (χ1) is 10.1. The van der Waals surface area contributed by atoms with Crippen LogP contribution in [0.25, 0.3) is 0 Å². The summed E-state index contributed by atoms with van der Waals surface area (Å²) in [6, 6.07) is 1.94. The van der Waals surface area contributed by atoms with E-state index in [1.165, 1.54) is 0 Å². The Morgan fingerprint density at radius 3 is 2.76 bits per heavy atom. The van der Waals surface area contributed by atoms with Crippen molar-refractivity contribution in [3.63, 3.8) is 0 Å². The lowest BCUT2D eigenvalue weighted by molar-refractivity contribution is -0.137. The molecule has 3 rings (SSSR count). The molecule has 1 N–H and O–H groups in total. The molecule has 7 nitrogen and oxygen atoms in total. The van der Waals surface area contributed by atoms with Gasteiger partial charge in [-0.1, -0.05) is 5.16 Å². The summed E-state index contributed by atoms with van der Waals surface area (Å²) in [6.45, 7) is 6.16. The Kier molecular flexibility index (Phi) is 3.92. The van der Waals surface area contributed by atoms with Gasteiger partial charge in [-0.2, -0.15) is 0 Å². The second-order valence-electron chi connectivity index (χ2n) is 5.74. The predicted octanol–water partition coefficient (Wildman–Crippen LogP) is -0.237. The van der Waals surface area contributed by atoms with Gasteiger partial charge in [-0.05, 0) is 6.92 Å². The molecular weight excluding hydrogens is 272 g/mol. The lowest BCUT2D eigenvalue weighted by Gasteiger charge is -2.35. The van der Waals surface area contributed by atoms with E-state index in [9.17, 15) is 9.59 Å². The first-order valence-electron chi connectivity index (χ1n) is 7.32. The van der Waals surface area contributed by atoms with Crippen LogP contribution in [0.3, 0.4) is 0 Å². The Bertz CT molecular complexity index is 534. The highest BCUT2D eigenvalue weighted by Crippen LogP contribution is 2.15. The molecule has 2 saturated heterocycles. The van der Waals surface area contributed by atoms with E-state index in [2.05, 4.69) is 15.4 Å². The van der Waals surface area contributed by atoms with Gasteiger partial charge in [0.25, 0.3) is 0 Å². The largest absolute Gasteiger partial charge is 0.360 e. The zero-order valence-electron chi connectivity index (χ0n) is 12.2. The van der Waals surface area contributed by atoms with Gasteiger partial charge in [0.2, 0.25) is 11.8 Å². The van der Waals surface area contributed by atoms with Crippen molar-refractivity contribution in [2.24, 2.45) is 5.92 Å². The fourth-order valence-electron chi connectivity index (χ4n) is 2.88. The van der Waals surface area contributed by atoms with E-state index in [0.29, 0.717) is 26.1 Å². The van der Waals surface area contributed by atoms with Crippen LogP contribution in [-0.4, -0.2) is 59.5 Å². The smallest absolute Gasteiger partial charge is 0.228 e. The summed E-state index contributed by atoms with van der Waals surface area (Å²) in [5.41, 5.74) is 0.886. The fourth-order valence-corrected chi connectivity index (χ4v) is 2.88. The third-order valence-electron chi connectivity index (χ3n) is 4.07. The highest BCUT2D eigenvalue weighted by molar-refractivity contribution is 5.89. The van der Waals surface area contributed by atoms with E-state index < -0.39 is 0 Å². The second-order valence-corrected chi connectivity index (χ2v) is 5.74.